The first-order valence-corrected chi connectivity index (χ1v) is 5.37. The molecule has 1 rings (SSSR count). The molecule has 1 saturated heterocycles. The summed E-state index contributed by atoms with van der Waals surface area (Å²) >= 11 is 0. The van der Waals surface area contributed by atoms with Gasteiger partial charge in [0.15, 0.2) is 5.54 Å². The standard InChI is InChI=1S/C10H14F3NO4/c1-18-6-9(8(16)17)4-2-3-5-14(9)7(15)10(11,12)13/h2-6H2,1H3,(H,16,17). The number of halogens is 3. The Morgan fingerprint density at radius 3 is 2.44 bits per heavy atom. The van der Waals surface area contributed by atoms with Gasteiger partial charge in [0.25, 0.3) is 0 Å². The molecule has 18 heavy (non-hydrogen) atoms. The molecule has 1 unspecified atom stereocenters. The van der Waals surface area contributed by atoms with Crippen LogP contribution in [0.5, 0.6) is 0 Å². The quantitative estimate of drug-likeness (QED) is 0.831. The minimum atomic E-state index is -5.08. The third kappa shape index (κ3) is 2.58. The molecule has 1 N–H and O–H groups in total. The van der Waals surface area contributed by atoms with Crippen molar-refractivity contribution in [3.8, 4) is 0 Å². The highest BCUT2D eigenvalue weighted by Gasteiger charge is 2.54. The number of piperidine rings is 1. The van der Waals surface area contributed by atoms with Crippen LogP contribution in [0.1, 0.15) is 19.3 Å². The van der Waals surface area contributed by atoms with Crippen LogP contribution in [0.2, 0.25) is 0 Å². The number of likely N-dealkylation sites (tertiary alicyclic amines) is 1. The van der Waals surface area contributed by atoms with E-state index in [0.717, 1.165) is 0 Å². The molecule has 104 valence electrons. The van der Waals surface area contributed by atoms with Crippen LogP contribution >= 0.6 is 0 Å². The number of hydrogen-bond acceptors (Lipinski definition) is 3. The molecule has 0 saturated carbocycles. The normalized spacial score (nSPS) is 25.0. The van der Waals surface area contributed by atoms with Crippen LogP contribution in [-0.2, 0) is 14.3 Å². The highest BCUT2D eigenvalue weighted by molar-refractivity contribution is 5.90. The van der Waals surface area contributed by atoms with E-state index in [9.17, 15) is 22.8 Å². The lowest BCUT2D eigenvalue weighted by Crippen LogP contribution is -2.64. The maximum Gasteiger partial charge on any atom is 0.471 e. The van der Waals surface area contributed by atoms with E-state index in [2.05, 4.69) is 0 Å². The molecule has 0 aliphatic carbocycles. The van der Waals surface area contributed by atoms with Gasteiger partial charge in [-0.2, -0.15) is 13.2 Å². The van der Waals surface area contributed by atoms with Crippen molar-refractivity contribution >= 4 is 11.9 Å². The second-order valence-corrected chi connectivity index (χ2v) is 4.18. The molecule has 0 spiro atoms. The number of aliphatic carboxylic acids is 1. The smallest absolute Gasteiger partial charge is 0.471 e. The van der Waals surface area contributed by atoms with Gasteiger partial charge in [-0.05, 0) is 19.3 Å². The molecule has 1 atom stereocenters. The fourth-order valence-electron chi connectivity index (χ4n) is 2.16. The largest absolute Gasteiger partial charge is 0.479 e. The number of carboxylic acid groups (broad SMARTS) is 1. The van der Waals surface area contributed by atoms with Crippen molar-refractivity contribution in [3.63, 3.8) is 0 Å². The molecule has 0 radical (unpaired) electrons. The van der Waals surface area contributed by atoms with E-state index in [0.29, 0.717) is 17.7 Å². The Morgan fingerprint density at radius 1 is 1.39 bits per heavy atom. The zero-order valence-corrected chi connectivity index (χ0v) is 9.79. The predicted molar refractivity (Wildman–Crippen MR) is 53.9 cm³/mol. The number of rotatable bonds is 3. The fourth-order valence-corrected chi connectivity index (χ4v) is 2.16. The number of alkyl halides is 3. The number of carbonyl (C=O) groups is 2. The number of carboxylic acids is 1. The maximum atomic E-state index is 12.5. The number of carbonyl (C=O) groups excluding carboxylic acids is 1. The lowest BCUT2D eigenvalue weighted by atomic mass is 9.87. The second-order valence-electron chi connectivity index (χ2n) is 4.18. The molecular weight excluding hydrogens is 255 g/mol. The van der Waals surface area contributed by atoms with Gasteiger partial charge in [0.1, 0.15) is 0 Å². The fraction of sp³-hybridized carbons (Fsp3) is 0.800. The molecule has 0 aromatic carbocycles. The number of nitrogens with zero attached hydrogens (tertiary/aromatic N) is 1. The summed E-state index contributed by atoms with van der Waals surface area (Å²) in [5, 5.41) is 9.16. The average molecular weight is 269 g/mol. The minimum Gasteiger partial charge on any atom is -0.479 e. The van der Waals surface area contributed by atoms with Crippen LogP contribution in [0.4, 0.5) is 13.2 Å². The molecule has 1 aliphatic rings. The Morgan fingerprint density at radius 2 is 2.00 bits per heavy atom. The molecule has 5 nitrogen and oxygen atoms in total. The van der Waals surface area contributed by atoms with Crippen molar-refractivity contribution in [1.29, 1.82) is 0 Å². The molecule has 1 heterocycles. The van der Waals surface area contributed by atoms with Crippen molar-refractivity contribution in [1.82, 2.24) is 4.90 Å². The highest BCUT2D eigenvalue weighted by atomic mass is 19.4. The second kappa shape index (κ2) is 5.13. The monoisotopic (exact) mass is 269 g/mol. The Balaban J connectivity index is 3.11. The number of ether oxygens (including phenoxy) is 1. The number of amides is 1. The maximum absolute atomic E-state index is 12.5. The van der Waals surface area contributed by atoms with Crippen molar-refractivity contribution in [2.24, 2.45) is 0 Å². The van der Waals surface area contributed by atoms with Crippen LogP contribution in [-0.4, -0.2) is 53.9 Å². The van der Waals surface area contributed by atoms with Crippen molar-refractivity contribution in [2.45, 2.75) is 31.0 Å². The Kier molecular flexibility index (Phi) is 4.20. The van der Waals surface area contributed by atoms with E-state index in [1.807, 2.05) is 0 Å². The summed E-state index contributed by atoms with van der Waals surface area (Å²) in [6, 6.07) is 0. The molecular formula is C10H14F3NO4. The molecule has 0 aromatic heterocycles. The summed E-state index contributed by atoms with van der Waals surface area (Å²) in [5.74, 6) is -3.59. The Labute approximate surface area is 102 Å². The first-order valence-electron chi connectivity index (χ1n) is 5.37. The van der Waals surface area contributed by atoms with E-state index < -0.39 is 30.2 Å². The van der Waals surface area contributed by atoms with E-state index >= 15 is 0 Å². The summed E-state index contributed by atoms with van der Waals surface area (Å²) in [4.78, 5) is 22.9. The third-order valence-electron chi connectivity index (χ3n) is 3.01. The van der Waals surface area contributed by atoms with Gasteiger partial charge in [-0.1, -0.05) is 0 Å². The topological polar surface area (TPSA) is 66.8 Å². The lowest BCUT2D eigenvalue weighted by Gasteiger charge is -2.43. The summed E-state index contributed by atoms with van der Waals surface area (Å²) < 4.78 is 42.1. The van der Waals surface area contributed by atoms with Gasteiger partial charge >= 0.3 is 18.1 Å². The number of hydrogen-bond donors (Lipinski definition) is 1. The Bertz CT molecular complexity index is 341. The van der Waals surface area contributed by atoms with Crippen molar-refractivity contribution in [2.75, 3.05) is 20.3 Å². The van der Waals surface area contributed by atoms with Gasteiger partial charge < -0.3 is 14.7 Å². The summed E-state index contributed by atoms with van der Waals surface area (Å²) in [7, 11) is 1.19. The average Bonchev–Trinajstić information content (AvgIpc) is 2.27. The van der Waals surface area contributed by atoms with Gasteiger partial charge in [-0.15, -0.1) is 0 Å². The highest BCUT2D eigenvalue weighted by Crippen LogP contribution is 2.33. The van der Waals surface area contributed by atoms with Gasteiger partial charge in [0, 0.05) is 13.7 Å². The summed E-state index contributed by atoms with van der Waals surface area (Å²) in [6.45, 7) is -0.682. The SMILES string of the molecule is COCC1(C(=O)O)CCCCN1C(=O)C(F)(F)F. The van der Waals surface area contributed by atoms with E-state index in [1.165, 1.54) is 7.11 Å². The molecule has 8 heteroatoms. The first kappa shape index (κ1) is 14.7. The van der Waals surface area contributed by atoms with Gasteiger partial charge in [-0.25, -0.2) is 4.79 Å². The van der Waals surface area contributed by atoms with Gasteiger partial charge in [-0.3, -0.25) is 4.79 Å². The molecule has 0 bridgehead atoms. The van der Waals surface area contributed by atoms with Crippen LogP contribution < -0.4 is 0 Å². The van der Waals surface area contributed by atoms with Crippen LogP contribution in [0.3, 0.4) is 0 Å². The summed E-state index contributed by atoms with van der Waals surface area (Å²) in [6.07, 6.45) is -4.33. The molecule has 1 fully saturated rings. The predicted octanol–water partition coefficient (Wildman–Crippen LogP) is 1.03. The van der Waals surface area contributed by atoms with Crippen LogP contribution in [0, 0.1) is 0 Å². The number of methoxy groups -OCH3 is 1. The summed E-state index contributed by atoms with van der Waals surface area (Å²) in [5.41, 5.74) is -1.92. The van der Waals surface area contributed by atoms with Crippen LogP contribution in [0.15, 0.2) is 0 Å². The minimum absolute atomic E-state index is 0.0437. The first-order chi connectivity index (χ1) is 8.25. The zero-order valence-electron chi connectivity index (χ0n) is 9.79. The molecule has 0 aromatic rings. The zero-order chi connectivity index (χ0) is 14.0. The van der Waals surface area contributed by atoms with Gasteiger partial charge in [0.2, 0.25) is 0 Å². The molecule has 1 aliphatic heterocycles. The van der Waals surface area contributed by atoms with Gasteiger partial charge in [0.05, 0.1) is 6.61 Å². The lowest BCUT2D eigenvalue weighted by molar-refractivity contribution is -0.200. The van der Waals surface area contributed by atoms with Crippen molar-refractivity contribution in [3.05, 3.63) is 0 Å². The van der Waals surface area contributed by atoms with Crippen molar-refractivity contribution < 1.29 is 32.6 Å². The molecule has 1 amide bonds. The van der Waals surface area contributed by atoms with E-state index in [1.54, 1.807) is 0 Å². The Hall–Kier alpha value is -1.31. The third-order valence-corrected chi connectivity index (χ3v) is 3.01. The van der Waals surface area contributed by atoms with Crippen LogP contribution in [0.25, 0.3) is 0 Å². The van der Waals surface area contributed by atoms with E-state index in [-0.39, 0.29) is 13.0 Å². The van der Waals surface area contributed by atoms with E-state index in [4.69, 9.17) is 9.84 Å².